The van der Waals surface area contributed by atoms with Gasteiger partial charge in [-0.15, -0.1) is 0 Å². The summed E-state index contributed by atoms with van der Waals surface area (Å²) < 4.78 is 5.58. The summed E-state index contributed by atoms with van der Waals surface area (Å²) in [6, 6.07) is 9.94. The van der Waals surface area contributed by atoms with Crippen molar-refractivity contribution in [2.24, 2.45) is 5.73 Å². The second-order valence-corrected chi connectivity index (χ2v) is 4.28. The van der Waals surface area contributed by atoms with Crippen molar-refractivity contribution >= 4 is 11.5 Å². The summed E-state index contributed by atoms with van der Waals surface area (Å²) in [7, 11) is 0. The Balaban J connectivity index is 2.30. The van der Waals surface area contributed by atoms with Crippen LogP contribution in [-0.2, 0) is 9.53 Å². The van der Waals surface area contributed by atoms with E-state index in [1.54, 1.807) is 6.08 Å². The van der Waals surface area contributed by atoms with Gasteiger partial charge in [0.25, 0.3) is 5.91 Å². The monoisotopic (exact) mass is 243 g/mol. The highest BCUT2D eigenvalue weighted by molar-refractivity contribution is 5.90. The molecule has 0 bridgehead atoms. The largest absolute Gasteiger partial charge is 0.367 e. The first-order valence-corrected chi connectivity index (χ1v) is 6.05. The summed E-state index contributed by atoms with van der Waals surface area (Å²) in [5.74, 6) is -0.442. The normalized spacial score (nSPS) is 22.6. The van der Waals surface area contributed by atoms with Crippen LogP contribution in [0.1, 0.15) is 18.9 Å². The van der Waals surface area contributed by atoms with Crippen LogP contribution in [0.5, 0.6) is 0 Å². The molecular formula is C15H17NO2. The van der Waals surface area contributed by atoms with Crippen molar-refractivity contribution in [1.82, 2.24) is 0 Å². The highest BCUT2D eigenvalue weighted by Crippen LogP contribution is 2.32. The number of primary amides is 1. The summed E-state index contributed by atoms with van der Waals surface area (Å²) in [6.45, 7) is 2.31. The molecule has 0 spiro atoms. The van der Waals surface area contributed by atoms with Crippen molar-refractivity contribution in [3.8, 4) is 0 Å². The number of carbonyl (C=O) groups is 1. The topological polar surface area (TPSA) is 52.3 Å². The van der Waals surface area contributed by atoms with E-state index in [4.69, 9.17) is 10.5 Å². The van der Waals surface area contributed by atoms with Gasteiger partial charge in [0, 0.05) is 13.0 Å². The number of ether oxygens (including phenoxy) is 1. The number of carbonyl (C=O) groups excluding carboxylic acids is 1. The van der Waals surface area contributed by atoms with Crippen LogP contribution >= 0.6 is 0 Å². The Labute approximate surface area is 107 Å². The van der Waals surface area contributed by atoms with Crippen LogP contribution in [0.15, 0.2) is 48.6 Å². The lowest BCUT2D eigenvalue weighted by Gasteiger charge is -2.30. The standard InChI is InChI=1S/C15H17NO2/c1-2-18-15(14(16)17)10-6-9-13(11-15)12-7-4-3-5-8-12/h3-10H,2,11H2,1H3,(H2,16,17). The van der Waals surface area contributed by atoms with Gasteiger partial charge >= 0.3 is 0 Å². The Kier molecular flexibility index (Phi) is 3.63. The predicted octanol–water partition coefficient (Wildman–Crippen LogP) is 2.29. The van der Waals surface area contributed by atoms with Crippen LogP contribution in [0.3, 0.4) is 0 Å². The van der Waals surface area contributed by atoms with Crippen molar-refractivity contribution in [1.29, 1.82) is 0 Å². The lowest BCUT2D eigenvalue weighted by molar-refractivity contribution is -0.136. The molecule has 0 saturated heterocycles. The molecule has 1 unspecified atom stereocenters. The first kappa shape index (κ1) is 12.6. The third-order valence-electron chi connectivity index (χ3n) is 3.08. The van der Waals surface area contributed by atoms with E-state index < -0.39 is 11.5 Å². The molecule has 3 nitrogen and oxygen atoms in total. The zero-order chi connectivity index (χ0) is 13.0. The Morgan fingerprint density at radius 3 is 2.72 bits per heavy atom. The van der Waals surface area contributed by atoms with Crippen LogP contribution in [0.4, 0.5) is 0 Å². The molecule has 1 aromatic carbocycles. The molecule has 1 atom stereocenters. The van der Waals surface area contributed by atoms with Crippen molar-refractivity contribution in [2.75, 3.05) is 6.61 Å². The zero-order valence-electron chi connectivity index (χ0n) is 10.4. The summed E-state index contributed by atoms with van der Waals surface area (Å²) >= 11 is 0. The third-order valence-corrected chi connectivity index (χ3v) is 3.08. The average Bonchev–Trinajstić information content (AvgIpc) is 2.40. The van der Waals surface area contributed by atoms with Crippen LogP contribution in [-0.4, -0.2) is 18.1 Å². The Morgan fingerprint density at radius 1 is 1.39 bits per heavy atom. The van der Waals surface area contributed by atoms with Gasteiger partial charge in [0.1, 0.15) is 0 Å². The van der Waals surface area contributed by atoms with E-state index in [9.17, 15) is 4.79 Å². The number of amides is 1. The average molecular weight is 243 g/mol. The summed E-state index contributed by atoms with van der Waals surface area (Å²) in [4.78, 5) is 11.7. The molecule has 1 aromatic rings. The second kappa shape index (κ2) is 5.19. The molecule has 3 heteroatoms. The van der Waals surface area contributed by atoms with Crippen LogP contribution in [0.25, 0.3) is 5.57 Å². The van der Waals surface area contributed by atoms with Gasteiger partial charge in [-0.2, -0.15) is 0 Å². The lowest BCUT2D eigenvalue weighted by atomic mass is 9.85. The Hall–Kier alpha value is -1.87. The summed E-state index contributed by atoms with van der Waals surface area (Å²) in [5, 5.41) is 0. The Morgan fingerprint density at radius 2 is 2.11 bits per heavy atom. The predicted molar refractivity (Wildman–Crippen MR) is 71.7 cm³/mol. The molecule has 94 valence electrons. The minimum absolute atomic E-state index is 0.442. The molecule has 0 aliphatic heterocycles. The van der Waals surface area contributed by atoms with Crippen molar-refractivity contribution in [3.63, 3.8) is 0 Å². The number of rotatable bonds is 4. The molecule has 2 N–H and O–H groups in total. The molecule has 1 aliphatic rings. The van der Waals surface area contributed by atoms with Gasteiger partial charge in [-0.25, -0.2) is 0 Å². The Bertz CT molecular complexity index is 490. The maximum absolute atomic E-state index is 11.7. The summed E-state index contributed by atoms with van der Waals surface area (Å²) in [6.07, 6.45) is 6.06. The number of benzene rings is 1. The molecule has 1 aliphatic carbocycles. The van der Waals surface area contributed by atoms with Gasteiger partial charge in [-0.3, -0.25) is 4.79 Å². The highest BCUT2D eigenvalue weighted by atomic mass is 16.5. The van der Waals surface area contributed by atoms with E-state index in [1.165, 1.54) is 0 Å². The van der Waals surface area contributed by atoms with Crippen LogP contribution < -0.4 is 5.73 Å². The molecule has 1 amide bonds. The minimum Gasteiger partial charge on any atom is -0.367 e. The molecule has 0 saturated carbocycles. The zero-order valence-corrected chi connectivity index (χ0v) is 10.4. The maximum atomic E-state index is 11.7. The minimum atomic E-state index is -1.01. The third kappa shape index (κ3) is 2.36. The van der Waals surface area contributed by atoms with Crippen molar-refractivity contribution < 1.29 is 9.53 Å². The van der Waals surface area contributed by atoms with Gasteiger partial charge in [0.05, 0.1) is 0 Å². The number of hydrogen-bond acceptors (Lipinski definition) is 2. The van der Waals surface area contributed by atoms with E-state index in [-0.39, 0.29) is 0 Å². The van der Waals surface area contributed by atoms with Gasteiger partial charge < -0.3 is 10.5 Å². The molecule has 0 aromatic heterocycles. The van der Waals surface area contributed by atoms with Crippen LogP contribution in [0.2, 0.25) is 0 Å². The van der Waals surface area contributed by atoms with Gasteiger partial charge in [0.2, 0.25) is 0 Å². The fraction of sp³-hybridized carbons (Fsp3) is 0.267. The maximum Gasteiger partial charge on any atom is 0.254 e. The van der Waals surface area contributed by atoms with Crippen molar-refractivity contribution in [2.45, 2.75) is 18.9 Å². The number of nitrogens with two attached hydrogens (primary N) is 1. The van der Waals surface area contributed by atoms with E-state index in [2.05, 4.69) is 0 Å². The van der Waals surface area contributed by atoms with E-state index in [1.807, 2.05) is 49.4 Å². The van der Waals surface area contributed by atoms with Crippen molar-refractivity contribution in [3.05, 3.63) is 54.1 Å². The fourth-order valence-electron chi connectivity index (χ4n) is 2.17. The van der Waals surface area contributed by atoms with Gasteiger partial charge in [-0.05, 0) is 24.1 Å². The molecule has 0 radical (unpaired) electrons. The first-order chi connectivity index (χ1) is 8.68. The summed E-state index contributed by atoms with van der Waals surface area (Å²) in [5.41, 5.74) is 6.63. The number of allylic oxidation sites excluding steroid dienone is 2. The number of hydrogen-bond donors (Lipinski definition) is 1. The second-order valence-electron chi connectivity index (χ2n) is 4.28. The van der Waals surface area contributed by atoms with E-state index in [0.717, 1.165) is 11.1 Å². The van der Waals surface area contributed by atoms with Crippen LogP contribution in [0, 0.1) is 0 Å². The molecule has 18 heavy (non-hydrogen) atoms. The quantitative estimate of drug-likeness (QED) is 0.882. The SMILES string of the molecule is CCOC1(C(N)=O)C=CC=C(c2ccccc2)C1. The lowest BCUT2D eigenvalue weighted by Crippen LogP contribution is -2.45. The molecular weight excluding hydrogens is 226 g/mol. The van der Waals surface area contributed by atoms with E-state index >= 15 is 0 Å². The molecule has 0 fully saturated rings. The van der Waals surface area contributed by atoms with E-state index in [0.29, 0.717) is 13.0 Å². The highest BCUT2D eigenvalue weighted by Gasteiger charge is 2.37. The fourth-order valence-corrected chi connectivity index (χ4v) is 2.17. The molecule has 2 rings (SSSR count). The smallest absolute Gasteiger partial charge is 0.254 e. The van der Waals surface area contributed by atoms with Gasteiger partial charge in [-0.1, -0.05) is 42.5 Å². The first-order valence-electron chi connectivity index (χ1n) is 6.05. The molecule has 0 heterocycles. The van der Waals surface area contributed by atoms with Gasteiger partial charge in [0.15, 0.2) is 5.60 Å².